The molecule has 1 atom stereocenters. The van der Waals surface area contributed by atoms with Gasteiger partial charge in [-0.3, -0.25) is 4.79 Å². The van der Waals surface area contributed by atoms with E-state index >= 15 is 0 Å². The molecule has 2 heteroatoms. The van der Waals surface area contributed by atoms with Gasteiger partial charge in [0.25, 0.3) is 0 Å². The van der Waals surface area contributed by atoms with Crippen molar-refractivity contribution in [3.05, 3.63) is 0 Å². The molecule has 48 valence electrons. The highest BCUT2D eigenvalue weighted by atomic mass is 16.1. The monoisotopic (exact) mass is 115 g/mol. The molecule has 2 nitrogen and oxygen atoms in total. The highest BCUT2D eigenvalue weighted by Gasteiger charge is 2.06. The van der Waals surface area contributed by atoms with Crippen LogP contribution in [0.5, 0.6) is 0 Å². The third-order valence-corrected chi connectivity index (χ3v) is 1.20. The van der Waals surface area contributed by atoms with Crippen molar-refractivity contribution in [3.63, 3.8) is 0 Å². The van der Waals surface area contributed by atoms with Crippen LogP contribution in [-0.4, -0.2) is 11.8 Å². The lowest BCUT2D eigenvalue weighted by Crippen LogP contribution is -2.28. The first-order chi connectivity index (χ1) is 3.72. The Balaban J connectivity index is 3.46. The van der Waals surface area contributed by atoms with Crippen molar-refractivity contribution in [2.45, 2.75) is 32.7 Å². The van der Waals surface area contributed by atoms with Crippen LogP contribution in [0.15, 0.2) is 0 Å². The fourth-order valence-electron chi connectivity index (χ4n) is 0.490. The van der Waals surface area contributed by atoms with Crippen LogP contribution in [0.1, 0.15) is 26.7 Å². The second kappa shape index (κ2) is 3.61. The predicted molar refractivity (Wildman–Crippen MR) is 33.6 cm³/mol. The second-order valence-electron chi connectivity index (χ2n) is 1.83. The average molecular weight is 115 g/mol. The maximum absolute atomic E-state index is 10.6. The van der Waals surface area contributed by atoms with Crippen LogP contribution in [0.2, 0.25) is 0 Å². The summed E-state index contributed by atoms with van der Waals surface area (Å²) in [6, 6.07) is -0.222. The molecule has 0 aromatic heterocycles. The van der Waals surface area contributed by atoms with Crippen LogP contribution >= 0.6 is 0 Å². The Labute approximate surface area is 50.1 Å². The zero-order chi connectivity index (χ0) is 6.57. The Bertz CT molecular complexity index is 80.6. The van der Waals surface area contributed by atoms with Crippen LogP contribution in [0.4, 0.5) is 0 Å². The molecule has 0 aliphatic heterocycles. The molecule has 0 aliphatic carbocycles. The fourth-order valence-corrected chi connectivity index (χ4v) is 0.490. The standard InChI is InChI=1S/C6H13NO/c1-3-5(7)6(8)4-2/h5H,3-4,7H2,1-2H3/t5-/m0/s1. The molecule has 0 fully saturated rings. The lowest BCUT2D eigenvalue weighted by atomic mass is 10.1. The number of Topliss-reactive ketones (excluding diaryl/α,β-unsaturated/α-hetero) is 1. The predicted octanol–water partition coefficient (Wildman–Crippen LogP) is 0.703. The quantitative estimate of drug-likeness (QED) is 0.588. The average Bonchev–Trinajstić information content (AvgIpc) is 1.84. The molecule has 0 saturated carbocycles. The number of carbonyl (C=O) groups is 1. The number of hydrogen-bond donors (Lipinski definition) is 1. The first kappa shape index (κ1) is 7.63. The van der Waals surface area contributed by atoms with Crippen molar-refractivity contribution in [1.82, 2.24) is 0 Å². The smallest absolute Gasteiger partial charge is 0.149 e. The van der Waals surface area contributed by atoms with Crippen LogP contribution in [0, 0.1) is 0 Å². The molecule has 8 heavy (non-hydrogen) atoms. The first-order valence-corrected chi connectivity index (χ1v) is 3.00. The van der Waals surface area contributed by atoms with E-state index in [1.807, 2.05) is 13.8 Å². The molecule has 0 unspecified atom stereocenters. The number of rotatable bonds is 3. The summed E-state index contributed by atoms with van der Waals surface area (Å²) < 4.78 is 0. The molecule has 0 radical (unpaired) electrons. The van der Waals surface area contributed by atoms with E-state index in [1.54, 1.807) is 0 Å². The van der Waals surface area contributed by atoms with Crippen molar-refractivity contribution in [1.29, 1.82) is 0 Å². The van der Waals surface area contributed by atoms with Gasteiger partial charge in [-0.1, -0.05) is 13.8 Å². The summed E-state index contributed by atoms with van der Waals surface area (Å²) in [6.07, 6.45) is 1.32. The maximum atomic E-state index is 10.6. The molecular formula is C6H13NO. The normalized spacial score (nSPS) is 13.4. The van der Waals surface area contributed by atoms with Crippen molar-refractivity contribution < 1.29 is 4.79 Å². The van der Waals surface area contributed by atoms with Crippen molar-refractivity contribution in [2.75, 3.05) is 0 Å². The van der Waals surface area contributed by atoms with Crippen molar-refractivity contribution in [3.8, 4) is 0 Å². The second-order valence-corrected chi connectivity index (χ2v) is 1.83. The summed E-state index contributed by atoms with van der Waals surface area (Å²) in [5.41, 5.74) is 5.38. The summed E-state index contributed by atoms with van der Waals surface area (Å²) in [5, 5.41) is 0. The summed E-state index contributed by atoms with van der Waals surface area (Å²) >= 11 is 0. The third-order valence-electron chi connectivity index (χ3n) is 1.20. The van der Waals surface area contributed by atoms with Gasteiger partial charge in [-0.2, -0.15) is 0 Å². The largest absolute Gasteiger partial charge is 0.322 e. The molecule has 0 saturated heterocycles. The van der Waals surface area contributed by atoms with Crippen LogP contribution in [-0.2, 0) is 4.79 Å². The highest BCUT2D eigenvalue weighted by molar-refractivity contribution is 5.83. The van der Waals surface area contributed by atoms with Gasteiger partial charge in [-0.25, -0.2) is 0 Å². The van der Waals surface area contributed by atoms with E-state index in [1.165, 1.54) is 0 Å². The Morgan fingerprint density at radius 3 is 2.25 bits per heavy atom. The molecule has 0 aliphatic rings. The summed E-state index contributed by atoms with van der Waals surface area (Å²) in [7, 11) is 0. The maximum Gasteiger partial charge on any atom is 0.149 e. The lowest BCUT2D eigenvalue weighted by Gasteiger charge is -2.02. The van der Waals surface area contributed by atoms with E-state index in [4.69, 9.17) is 5.73 Å². The van der Waals surface area contributed by atoms with Crippen LogP contribution in [0.3, 0.4) is 0 Å². The topological polar surface area (TPSA) is 43.1 Å². The number of ketones is 1. The lowest BCUT2D eigenvalue weighted by molar-refractivity contribution is -0.120. The van der Waals surface area contributed by atoms with Gasteiger partial charge < -0.3 is 5.73 Å². The molecule has 0 spiro atoms. The van der Waals surface area contributed by atoms with Gasteiger partial charge >= 0.3 is 0 Å². The van der Waals surface area contributed by atoms with Crippen LogP contribution in [0.25, 0.3) is 0 Å². The van der Waals surface area contributed by atoms with E-state index in [0.29, 0.717) is 6.42 Å². The molecular weight excluding hydrogens is 102 g/mol. The van der Waals surface area contributed by atoms with Gasteiger partial charge in [-0.05, 0) is 6.42 Å². The van der Waals surface area contributed by atoms with E-state index in [0.717, 1.165) is 6.42 Å². The van der Waals surface area contributed by atoms with Crippen LogP contribution < -0.4 is 5.73 Å². The van der Waals surface area contributed by atoms with Gasteiger partial charge in [0.2, 0.25) is 0 Å². The molecule has 0 bridgehead atoms. The zero-order valence-corrected chi connectivity index (χ0v) is 5.48. The minimum Gasteiger partial charge on any atom is -0.322 e. The van der Waals surface area contributed by atoms with E-state index in [9.17, 15) is 4.79 Å². The SMILES string of the molecule is CCC(=O)[C@@H](N)CC. The third kappa shape index (κ3) is 2.07. The molecule has 0 aromatic rings. The number of hydrogen-bond acceptors (Lipinski definition) is 2. The number of carbonyl (C=O) groups excluding carboxylic acids is 1. The van der Waals surface area contributed by atoms with Gasteiger partial charge in [0.1, 0.15) is 5.78 Å². The summed E-state index contributed by atoms with van der Waals surface area (Å²) in [5.74, 6) is 0.160. The first-order valence-electron chi connectivity index (χ1n) is 3.00. The molecule has 0 rings (SSSR count). The van der Waals surface area contributed by atoms with Gasteiger partial charge in [0, 0.05) is 6.42 Å². The van der Waals surface area contributed by atoms with Gasteiger partial charge in [-0.15, -0.1) is 0 Å². The minimum atomic E-state index is -0.222. The molecule has 0 heterocycles. The molecule has 2 N–H and O–H groups in total. The van der Waals surface area contributed by atoms with Crippen molar-refractivity contribution in [2.24, 2.45) is 5.73 Å². The van der Waals surface area contributed by atoms with E-state index < -0.39 is 0 Å². The van der Waals surface area contributed by atoms with Gasteiger partial charge in [0.05, 0.1) is 6.04 Å². The fraction of sp³-hybridized carbons (Fsp3) is 0.833. The van der Waals surface area contributed by atoms with E-state index in [2.05, 4.69) is 0 Å². The highest BCUT2D eigenvalue weighted by Crippen LogP contribution is 1.90. The summed E-state index contributed by atoms with van der Waals surface area (Å²) in [6.45, 7) is 3.75. The molecule has 0 aromatic carbocycles. The zero-order valence-electron chi connectivity index (χ0n) is 5.48. The Morgan fingerprint density at radius 2 is 2.12 bits per heavy atom. The minimum absolute atomic E-state index is 0.160. The van der Waals surface area contributed by atoms with Gasteiger partial charge in [0.15, 0.2) is 0 Å². The Kier molecular flexibility index (Phi) is 3.44. The number of nitrogens with two attached hydrogens (primary N) is 1. The Hall–Kier alpha value is -0.370. The Morgan fingerprint density at radius 1 is 1.62 bits per heavy atom. The molecule has 0 amide bonds. The van der Waals surface area contributed by atoms with Crippen molar-refractivity contribution >= 4 is 5.78 Å². The van der Waals surface area contributed by atoms with E-state index in [-0.39, 0.29) is 11.8 Å². The summed E-state index contributed by atoms with van der Waals surface area (Å²) in [4.78, 5) is 10.6.